The predicted octanol–water partition coefficient (Wildman–Crippen LogP) is 1.78. The monoisotopic (exact) mass is 271 g/mol. The normalized spacial score (nSPS) is 33.6. The van der Waals surface area contributed by atoms with Gasteiger partial charge in [0.15, 0.2) is 11.5 Å². The molecule has 1 N–H and O–H groups in total. The van der Waals surface area contributed by atoms with Crippen molar-refractivity contribution < 1.29 is 14.6 Å². The highest BCUT2D eigenvalue weighted by Gasteiger charge is 2.46. The first-order chi connectivity index (χ1) is 9.81. The summed E-state index contributed by atoms with van der Waals surface area (Å²) in [4.78, 5) is 2.50. The maximum atomic E-state index is 10.5. The summed E-state index contributed by atoms with van der Waals surface area (Å²) in [6.07, 6.45) is 3.89. The molecule has 0 saturated carbocycles. The summed E-state index contributed by atoms with van der Waals surface area (Å²) < 4.78 is 11.0. The van der Waals surface area contributed by atoms with Gasteiger partial charge in [0.25, 0.3) is 0 Å². The minimum atomic E-state index is -0.288. The third kappa shape index (κ3) is 1.33. The quantitative estimate of drug-likeness (QED) is 0.730. The van der Waals surface area contributed by atoms with Gasteiger partial charge >= 0.3 is 0 Å². The minimum absolute atomic E-state index is 0.191. The number of ether oxygens (including phenoxy) is 2. The zero-order valence-electron chi connectivity index (χ0n) is 11.2. The van der Waals surface area contributed by atoms with E-state index in [1.807, 2.05) is 0 Å². The molecule has 1 aromatic carbocycles. The number of fused-ring (bicyclic) bond motifs is 3. The van der Waals surface area contributed by atoms with E-state index in [0.717, 1.165) is 37.4 Å². The van der Waals surface area contributed by atoms with E-state index in [2.05, 4.69) is 23.1 Å². The molecule has 20 heavy (non-hydrogen) atoms. The largest absolute Gasteiger partial charge is 0.454 e. The lowest BCUT2D eigenvalue weighted by Crippen LogP contribution is -2.45. The van der Waals surface area contributed by atoms with E-state index in [1.165, 1.54) is 16.7 Å². The standard InChI is InChI=1S/C16H17NO3/c18-12-2-1-9-3-4-17-7-10-5-13-14(20-8-19-13)6-11(10)15(12)16(9)17/h1,5-6,12,15-16,18H,2-4,7-8H2/t12-,15-,16-/m1/s1. The third-order valence-corrected chi connectivity index (χ3v) is 5.20. The van der Waals surface area contributed by atoms with E-state index in [4.69, 9.17) is 9.47 Å². The lowest BCUT2D eigenvalue weighted by molar-refractivity contribution is 0.0830. The van der Waals surface area contributed by atoms with Crippen molar-refractivity contribution in [1.82, 2.24) is 4.90 Å². The van der Waals surface area contributed by atoms with Gasteiger partial charge in [0.2, 0.25) is 6.79 Å². The molecule has 1 aromatic rings. The predicted molar refractivity (Wildman–Crippen MR) is 72.8 cm³/mol. The third-order valence-electron chi connectivity index (χ3n) is 5.20. The molecule has 4 nitrogen and oxygen atoms in total. The van der Waals surface area contributed by atoms with Gasteiger partial charge in [0, 0.05) is 25.0 Å². The van der Waals surface area contributed by atoms with E-state index in [-0.39, 0.29) is 12.0 Å². The molecule has 3 aliphatic heterocycles. The molecule has 5 rings (SSSR count). The molecule has 4 aliphatic rings. The van der Waals surface area contributed by atoms with E-state index in [9.17, 15) is 5.11 Å². The van der Waals surface area contributed by atoms with Crippen LogP contribution in [-0.4, -0.2) is 35.5 Å². The fourth-order valence-corrected chi connectivity index (χ4v) is 4.32. The molecule has 0 unspecified atom stereocenters. The lowest BCUT2D eigenvalue weighted by Gasteiger charge is -2.43. The molecule has 0 bridgehead atoms. The molecule has 3 heterocycles. The van der Waals surface area contributed by atoms with Gasteiger partial charge in [0.1, 0.15) is 0 Å². The SMILES string of the molecule is O[C@@H]1CC=C2CCN3Cc4cc5c(cc4[C@H]1[C@@H]23)OCO5. The van der Waals surface area contributed by atoms with Crippen molar-refractivity contribution in [2.75, 3.05) is 13.3 Å². The fourth-order valence-electron chi connectivity index (χ4n) is 4.32. The number of aliphatic hydroxyl groups is 1. The maximum Gasteiger partial charge on any atom is 0.231 e. The van der Waals surface area contributed by atoms with Crippen LogP contribution in [0.25, 0.3) is 0 Å². The molecule has 104 valence electrons. The van der Waals surface area contributed by atoms with Crippen LogP contribution in [0.15, 0.2) is 23.8 Å². The molecule has 1 fully saturated rings. The van der Waals surface area contributed by atoms with E-state index in [1.54, 1.807) is 0 Å². The first kappa shape index (κ1) is 11.2. The smallest absolute Gasteiger partial charge is 0.231 e. The number of hydrogen-bond donors (Lipinski definition) is 1. The average Bonchev–Trinajstić information content (AvgIpc) is 3.06. The van der Waals surface area contributed by atoms with Crippen LogP contribution in [0.1, 0.15) is 29.9 Å². The van der Waals surface area contributed by atoms with E-state index < -0.39 is 0 Å². The molecule has 4 heteroatoms. The van der Waals surface area contributed by atoms with Crippen molar-refractivity contribution in [2.24, 2.45) is 0 Å². The van der Waals surface area contributed by atoms with Gasteiger partial charge in [-0.2, -0.15) is 0 Å². The highest BCUT2D eigenvalue weighted by Crippen LogP contribution is 2.49. The van der Waals surface area contributed by atoms with Gasteiger partial charge in [-0.25, -0.2) is 0 Å². The Morgan fingerprint density at radius 1 is 1.20 bits per heavy atom. The molecule has 0 amide bonds. The Morgan fingerprint density at radius 3 is 2.95 bits per heavy atom. The molecule has 3 atom stereocenters. The zero-order valence-corrected chi connectivity index (χ0v) is 11.2. The number of rotatable bonds is 0. The van der Waals surface area contributed by atoms with Crippen molar-refractivity contribution in [1.29, 1.82) is 0 Å². The van der Waals surface area contributed by atoms with Crippen LogP contribution >= 0.6 is 0 Å². The topological polar surface area (TPSA) is 41.9 Å². The minimum Gasteiger partial charge on any atom is -0.454 e. The fraction of sp³-hybridized carbons (Fsp3) is 0.500. The maximum absolute atomic E-state index is 10.5. The van der Waals surface area contributed by atoms with Crippen molar-refractivity contribution >= 4 is 0 Å². The zero-order chi connectivity index (χ0) is 13.3. The first-order valence-electron chi connectivity index (χ1n) is 7.35. The summed E-state index contributed by atoms with van der Waals surface area (Å²) in [6.45, 7) is 2.37. The molecular formula is C16H17NO3. The summed E-state index contributed by atoms with van der Waals surface area (Å²) >= 11 is 0. The Hall–Kier alpha value is -1.52. The Labute approximate surface area is 117 Å². The van der Waals surface area contributed by atoms with Gasteiger partial charge in [-0.15, -0.1) is 0 Å². The highest BCUT2D eigenvalue weighted by atomic mass is 16.7. The van der Waals surface area contributed by atoms with Gasteiger partial charge < -0.3 is 14.6 Å². The number of nitrogens with zero attached hydrogens (tertiary/aromatic N) is 1. The molecular weight excluding hydrogens is 254 g/mol. The van der Waals surface area contributed by atoms with Crippen molar-refractivity contribution in [3.8, 4) is 11.5 Å². The van der Waals surface area contributed by atoms with E-state index >= 15 is 0 Å². The average molecular weight is 271 g/mol. The van der Waals surface area contributed by atoms with Crippen LogP contribution in [0.4, 0.5) is 0 Å². The van der Waals surface area contributed by atoms with Gasteiger partial charge in [0.05, 0.1) is 6.10 Å². The van der Waals surface area contributed by atoms with Crippen LogP contribution in [0.2, 0.25) is 0 Å². The number of hydrogen-bond acceptors (Lipinski definition) is 4. The van der Waals surface area contributed by atoms with Crippen LogP contribution in [-0.2, 0) is 6.54 Å². The summed E-state index contributed by atoms with van der Waals surface area (Å²) in [5.74, 6) is 1.87. The highest BCUT2D eigenvalue weighted by molar-refractivity contribution is 5.53. The summed E-state index contributed by atoms with van der Waals surface area (Å²) in [5.41, 5.74) is 4.07. The molecule has 0 spiro atoms. The first-order valence-corrected chi connectivity index (χ1v) is 7.35. The summed E-state index contributed by atoms with van der Waals surface area (Å²) in [6, 6.07) is 4.60. The second-order valence-corrected chi connectivity index (χ2v) is 6.18. The lowest BCUT2D eigenvalue weighted by atomic mass is 9.74. The van der Waals surface area contributed by atoms with Gasteiger partial charge in [-0.3, -0.25) is 4.90 Å². The summed E-state index contributed by atoms with van der Waals surface area (Å²) in [5, 5.41) is 10.5. The second kappa shape index (κ2) is 3.77. The Balaban J connectivity index is 1.70. The molecule has 1 saturated heterocycles. The Kier molecular flexibility index (Phi) is 2.11. The Morgan fingerprint density at radius 2 is 2.05 bits per heavy atom. The van der Waals surface area contributed by atoms with Crippen LogP contribution in [0.3, 0.4) is 0 Å². The molecule has 1 aliphatic carbocycles. The second-order valence-electron chi connectivity index (χ2n) is 6.18. The van der Waals surface area contributed by atoms with Crippen molar-refractivity contribution in [3.05, 3.63) is 34.9 Å². The van der Waals surface area contributed by atoms with Crippen molar-refractivity contribution in [3.63, 3.8) is 0 Å². The summed E-state index contributed by atoms with van der Waals surface area (Å²) in [7, 11) is 0. The van der Waals surface area contributed by atoms with Crippen LogP contribution < -0.4 is 9.47 Å². The molecule has 0 radical (unpaired) electrons. The van der Waals surface area contributed by atoms with Gasteiger partial charge in [-0.05, 0) is 36.1 Å². The van der Waals surface area contributed by atoms with Crippen LogP contribution in [0.5, 0.6) is 11.5 Å². The van der Waals surface area contributed by atoms with Gasteiger partial charge in [-0.1, -0.05) is 11.6 Å². The van der Waals surface area contributed by atoms with Crippen molar-refractivity contribution in [2.45, 2.75) is 37.5 Å². The Bertz CT molecular complexity index is 624. The molecule has 0 aromatic heterocycles. The van der Waals surface area contributed by atoms with E-state index in [0.29, 0.717) is 12.8 Å². The number of benzene rings is 1. The van der Waals surface area contributed by atoms with Crippen LogP contribution in [0, 0.1) is 0 Å². The number of aliphatic hydroxyl groups excluding tert-OH is 1.